The van der Waals surface area contributed by atoms with E-state index in [1.54, 1.807) is 0 Å². The summed E-state index contributed by atoms with van der Waals surface area (Å²) in [5.41, 5.74) is 2.51. The summed E-state index contributed by atoms with van der Waals surface area (Å²) in [6.07, 6.45) is 1.03. The zero-order valence-corrected chi connectivity index (χ0v) is 10.8. The van der Waals surface area contributed by atoms with Crippen LogP contribution in [0.3, 0.4) is 0 Å². The number of aliphatic hydroxyl groups is 2. The quantitative estimate of drug-likeness (QED) is 0.777. The number of ether oxygens (including phenoxy) is 1. The van der Waals surface area contributed by atoms with Gasteiger partial charge in [0.05, 0.1) is 13.2 Å². The fourth-order valence-corrected chi connectivity index (χ4v) is 2.42. The number of rotatable bonds is 6. The van der Waals surface area contributed by atoms with Crippen LogP contribution in [0.4, 0.5) is 0 Å². The molecule has 0 saturated carbocycles. The topological polar surface area (TPSA) is 52.9 Å². The van der Waals surface area contributed by atoms with Crippen molar-refractivity contribution in [2.45, 2.75) is 19.4 Å². The molecule has 4 heteroatoms. The van der Waals surface area contributed by atoms with Crippen LogP contribution in [0.5, 0.6) is 5.75 Å². The van der Waals surface area contributed by atoms with Crippen LogP contribution in [0, 0.1) is 6.92 Å². The van der Waals surface area contributed by atoms with E-state index in [2.05, 4.69) is 19.1 Å². The lowest BCUT2D eigenvalue weighted by Gasteiger charge is -2.23. The molecule has 1 aliphatic rings. The lowest BCUT2D eigenvalue weighted by atomic mass is 10.1. The van der Waals surface area contributed by atoms with Crippen LogP contribution in [-0.4, -0.2) is 54.1 Å². The Labute approximate surface area is 108 Å². The number of hydrogen-bond donors (Lipinski definition) is 2. The number of aryl methyl sites for hydroxylation is 1. The molecule has 0 saturated heterocycles. The molecule has 0 spiro atoms. The van der Waals surface area contributed by atoms with Crippen LogP contribution in [0.1, 0.15) is 11.1 Å². The van der Waals surface area contributed by atoms with E-state index in [0.717, 1.165) is 18.7 Å². The van der Waals surface area contributed by atoms with Crippen molar-refractivity contribution in [3.05, 3.63) is 29.3 Å². The third-order valence-corrected chi connectivity index (χ3v) is 3.25. The van der Waals surface area contributed by atoms with Crippen LogP contribution >= 0.6 is 0 Å². The van der Waals surface area contributed by atoms with E-state index in [9.17, 15) is 0 Å². The van der Waals surface area contributed by atoms with Crippen molar-refractivity contribution in [2.75, 3.05) is 32.8 Å². The van der Waals surface area contributed by atoms with Crippen molar-refractivity contribution in [3.63, 3.8) is 0 Å². The Balaban J connectivity index is 1.93. The van der Waals surface area contributed by atoms with Crippen LogP contribution < -0.4 is 4.74 Å². The van der Waals surface area contributed by atoms with E-state index in [-0.39, 0.29) is 19.3 Å². The Hall–Kier alpha value is -1.10. The Morgan fingerprint density at radius 1 is 1.28 bits per heavy atom. The van der Waals surface area contributed by atoms with Crippen LogP contribution in [0.25, 0.3) is 0 Å². The highest BCUT2D eigenvalue weighted by molar-refractivity contribution is 5.40. The summed E-state index contributed by atoms with van der Waals surface area (Å²) in [5, 5.41) is 18.0. The maximum atomic E-state index is 8.98. The summed E-state index contributed by atoms with van der Waals surface area (Å²) >= 11 is 0. The second kappa shape index (κ2) is 6.18. The zero-order chi connectivity index (χ0) is 13.0. The molecule has 0 amide bonds. The second-order valence-electron chi connectivity index (χ2n) is 4.80. The minimum absolute atomic E-state index is 0.110. The van der Waals surface area contributed by atoms with Gasteiger partial charge in [-0.05, 0) is 18.6 Å². The largest absolute Gasteiger partial charge is 0.488 e. The molecule has 4 nitrogen and oxygen atoms in total. The van der Waals surface area contributed by atoms with Crippen LogP contribution in [-0.2, 0) is 6.42 Å². The Bertz CT molecular complexity index is 389. The first-order chi connectivity index (χ1) is 8.72. The monoisotopic (exact) mass is 251 g/mol. The normalized spacial score (nSPS) is 17.9. The molecule has 1 heterocycles. The Kier molecular flexibility index (Phi) is 4.58. The summed E-state index contributed by atoms with van der Waals surface area (Å²) in [4.78, 5) is 2.03. The average Bonchev–Trinajstić information content (AvgIpc) is 2.71. The molecule has 0 bridgehead atoms. The summed E-state index contributed by atoms with van der Waals surface area (Å²) < 4.78 is 5.88. The summed E-state index contributed by atoms with van der Waals surface area (Å²) in [6.45, 7) is 4.20. The van der Waals surface area contributed by atoms with Gasteiger partial charge in [0.1, 0.15) is 11.9 Å². The minimum Gasteiger partial charge on any atom is -0.488 e. The molecule has 1 aromatic carbocycles. The van der Waals surface area contributed by atoms with Crippen LogP contribution in [0.15, 0.2) is 18.2 Å². The first kappa shape index (κ1) is 13.3. The fourth-order valence-electron chi connectivity index (χ4n) is 2.42. The average molecular weight is 251 g/mol. The first-order valence-electron chi connectivity index (χ1n) is 6.43. The number of nitrogens with zero attached hydrogens (tertiary/aromatic N) is 1. The molecular formula is C14H21NO3. The van der Waals surface area contributed by atoms with Gasteiger partial charge in [-0.3, -0.25) is 4.90 Å². The molecule has 0 radical (unpaired) electrons. The third-order valence-electron chi connectivity index (χ3n) is 3.25. The molecule has 2 N–H and O–H groups in total. The number of benzene rings is 1. The Morgan fingerprint density at radius 2 is 2.00 bits per heavy atom. The second-order valence-corrected chi connectivity index (χ2v) is 4.80. The fraction of sp³-hybridized carbons (Fsp3) is 0.571. The third kappa shape index (κ3) is 3.22. The van der Waals surface area contributed by atoms with Gasteiger partial charge >= 0.3 is 0 Å². The highest BCUT2D eigenvalue weighted by Gasteiger charge is 2.24. The van der Waals surface area contributed by atoms with Crippen molar-refractivity contribution >= 4 is 0 Å². The SMILES string of the molecule is Cc1ccc2c(c1)CC(CN(CCO)CCO)O2. The summed E-state index contributed by atoms with van der Waals surface area (Å²) in [5.74, 6) is 0.971. The van der Waals surface area contributed by atoms with E-state index in [0.29, 0.717) is 13.1 Å². The van der Waals surface area contributed by atoms with E-state index < -0.39 is 0 Å². The predicted molar refractivity (Wildman–Crippen MR) is 69.9 cm³/mol. The lowest BCUT2D eigenvalue weighted by molar-refractivity contribution is 0.111. The van der Waals surface area contributed by atoms with E-state index >= 15 is 0 Å². The standard InChI is InChI=1S/C14H21NO3/c1-11-2-3-14-12(8-11)9-13(18-14)10-15(4-6-16)5-7-17/h2-3,8,13,16-17H,4-7,9-10H2,1H3. The van der Waals surface area contributed by atoms with E-state index in [1.165, 1.54) is 11.1 Å². The van der Waals surface area contributed by atoms with Gasteiger partial charge in [-0.25, -0.2) is 0 Å². The summed E-state index contributed by atoms with van der Waals surface area (Å²) in [7, 11) is 0. The molecule has 100 valence electrons. The smallest absolute Gasteiger partial charge is 0.123 e. The Morgan fingerprint density at radius 3 is 2.67 bits per heavy atom. The molecule has 0 aromatic heterocycles. The van der Waals surface area contributed by atoms with Gasteiger partial charge in [-0.15, -0.1) is 0 Å². The zero-order valence-electron chi connectivity index (χ0n) is 10.8. The van der Waals surface area contributed by atoms with Crippen LogP contribution in [0.2, 0.25) is 0 Å². The van der Waals surface area contributed by atoms with Crippen molar-refractivity contribution in [1.82, 2.24) is 4.90 Å². The molecule has 1 aromatic rings. The molecule has 0 aliphatic carbocycles. The minimum atomic E-state index is 0.110. The van der Waals surface area contributed by atoms with E-state index in [4.69, 9.17) is 14.9 Å². The molecule has 1 unspecified atom stereocenters. The highest BCUT2D eigenvalue weighted by atomic mass is 16.5. The molecule has 18 heavy (non-hydrogen) atoms. The van der Waals surface area contributed by atoms with Gasteiger partial charge in [0.25, 0.3) is 0 Å². The van der Waals surface area contributed by atoms with Crippen molar-refractivity contribution in [3.8, 4) is 5.75 Å². The molecule has 0 fully saturated rings. The number of fused-ring (bicyclic) bond motifs is 1. The van der Waals surface area contributed by atoms with Gasteiger partial charge in [-0.1, -0.05) is 17.7 Å². The summed E-state index contributed by atoms with van der Waals surface area (Å²) in [6, 6.07) is 6.24. The van der Waals surface area contributed by atoms with Crippen molar-refractivity contribution in [2.24, 2.45) is 0 Å². The van der Waals surface area contributed by atoms with Gasteiger partial charge < -0.3 is 14.9 Å². The molecule has 1 atom stereocenters. The molecular weight excluding hydrogens is 230 g/mol. The van der Waals surface area contributed by atoms with Crippen molar-refractivity contribution in [1.29, 1.82) is 0 Å². The lowest BCUT2D eigenvalue weighted by Crippen LogP contribution is -2.38. The van der Waals surface area contributed by atoms with Crippen molar-refractivity contribution < 1.29 is 14.9 Å². The molecule has 2 rings (SSSR count). The first-order valence-corrected chi connectivity index (χ1v) is 6.43. The van der Waals surface area contributed by atoms with Gasteiger partial charge in [-0.2, -0.15) is 0 Å². The predicted octanol–water partition coefficient (Wildman–Crippen LogP) is 0.585. The maximum absolute atomic E-state index is 8.98. The maximum Gasteiger partial charge on any atom is 0.123 e. The van der Waals surface area contributed by atoms with Gasteiger partial charge in [0, 0.05) is 26.1 Å². The highest BCUT2D eigenvalue weighted by Crippen LogP contribution is 2.29. The number of hydrogen-bond acceptors (Lipinski definition) is 4. The van der Waals surface area contributed by atoms with Gasteiger partial charge in [0.15, 0.2) is 0 Å². The number of aliphatic hydroxyl groups excluding tert-OH is 2. The van der Waals surface area contributed by atoms with Gasteiger partial charge in [0.2, 0.25) is 0 Å². The molecule has 1 aliphatic heterocycles. The van der Waals surface area contributed by atoms with E-state index in [1.807, 2.05) is 11.0 Å².